The summed E-state index contributed by atoms with van der Waals surface area (Å²) in [7, 11) is 0. The third-order valence-electron chi connectivity index (χ3n) is 3.06. The molecule has 3 aromatic rings. The highest BCUT2D eigenvalue weighted by Crippen LogP contribution is 2.22. The van der Waals surface area contributed by atoms with Crippen molar-refractivity contribution in [3.05, 3.63) is 54.2 Å². The van der Waals surface area contributed by atoms with Crippen molar-refractivity contribution >= 4 is 22.5 Å². The van der Waals surface area contributed by atoms with Crippen LogP contribution < -0.4 is 16.1 Å². The van der Waals surface area contributed by atoms with Gasteiger partial charge in [0.15, 0.2) is 5.75 Å². The zero-order chi connectivity index (χ0) is 14.7. The molecule has 0 atom stereocenters. The summed E-state index contributed by atoms with van der Waals surface area (Å²) in [4.78, 5) is 17.5. The Morgan fingerprint density at radius 1 is 1.10 bits per heavy atom. The van der Waals surface area contributed by atoms with Crippen molar-refractivity contribution in [1.29, 1.82) is 0 Å². The first kappa shape index (κ1) is 13.3. The normalized spacial score (nSPS) is 10.6. The number of pyridine rings is 2. The fourth-order valence-electron chi connectivity index (χ4n) is 2.10. The largest absolute Gasteiger partial charge is 0.325 e. The Kier molecular flexibility index (Phi) is 3.63. The first-order valence-electron chi connectivity index (χ1n) is 6.39. The molecule has 0 amide bonds. The summed E-state index contributed by atoms with van der Waals surface area (Å²) in [5.41, 5.74) is 2.09. The number of rotatable bonds is 4. The Hall–Kier alpha value is -2.70. The van der Waals surface area contributed by atoms with Crippen molar-refractivity contribution in [3.8, 4) is 5.75 Å². The highest BCUT2D eigenvalue weighted by atomic mass is 17.3. The summed E-state index contributed by atoms with van der Waals surface area (Å²) in [5, 5.41) is 4.30. The number of para-hydroxylation sites is 1. The van der Waals surface area contributed by atoms with E-state index in [0.29, 0.717) is 11.6 Å². The number of nitrogens with two attached hydrogens (primary N) is 1. The Morgan fingerprint density at radius 2 is 1.95 bits per heavy atom. The van der Waals surface area contributed by atoms with Crippen molar-refractivity contribution in [3.63, 3.8) is 0 Å². The maximum atomic E-state index is 4.82. The topological polar surface area (TPSA) is 82.3 Å². The average Bonchev–Trinajstić information content (AvgIpc) is 2.50. The Morgan fingerprint density at radius 3 is 2.71 bits per heavy atom. The van der Waals surface area contributed by atoms with Crippen molar-refractivity contribution in [1.82, 2.24) is 9.97 Å². The molecule has 0 spiro atoms. The molecule has 2 aromatic heterocycles. The average molecular weight is 282 g/mol. The van der Waals surface area contributed by atoms with Gasteiger partial charge in [-0.2, -0.15) is 5.90 Å². The molecule has 3 rings (SSSR count). The minimum absolute atomic E-state index is 0.422. The van der Waals surface area contributed by atoms with Gasteiger partial charge in [-0.1, -0.05) is 23.2 Å². The zero-order valence-electron chi connectivity index (χ0n) is 11.4. The van der Waals surface area contributed by atoms with E-state index < -0.39 is 0 Å². The summed E-state index contributed by atoms with van der Waals surface area (Å²) in [6.07, 6.45) is 1.50. The van der Waals surface area contributed by atoms with Crippen LogP contribution in [0.3, 0.4) is 0 Å². The zero-order valence-corrected chi connectivity index (χ0v) is 11.4. The van der Waals surface area contributed by atoms with Gasteiger partial charge in [-0.15, -0.1) is 0 Å². The van der Waals surface area contributed by atoms with E-state index in [9.17, 15) is 0 Å². The maximum Gasteiger partial charge on any atom is 0.185 e. The number of hydrogen-bond acceptors (Lipinski definition) is 6. The maximum absolute atomic E-state index is 4.82. The Bertz CT molecular complexity index is 759. The van der Waals surface area contributed by atoms with Gasteiger partial charge in [0.1, 0.15) is 11.6 Å². The number of hydrogen-bond donors (Lipinski definition) is 2. The minimum Gasteiger partial charge on any atom is -0.325 e. The van der Waals surface area contributed by atoms with Gasteiger partial charge in [0.25, 0.3) is 0 Å². The Balaban J connectivity index is 1.87. The van der Waals surface area contributed by atoms with Gasteiger partial charge < -0.3 is 10.2 Å². The molecule has 6 nitrogen and oxygen atoms in total. The predicted molar refractivity (Wildman–Crippen MR) is 79.9 cm³/mol. The molecule has 0 radical (unpaired) electrons. The molecule has 0 aliphatic carbocycles. The fraction of sp³-hybridized carbons (Fsp3) is 0.0667. The standard InChI is InChI=1S/C15H14N4O2/c1-10-8-15(18-13-5-3-2-4-12(10)13)19-14-7-6-11(9-17-14)20-21-16/h2-9H,16H2,1H3,(H,17,18,19). The highest BCUT2D eigenvalue weighted by Gasteiger charge is 2.04. The second-order valence-electron chi connectivity index (χ2n) is 4.53. The van der Waals surface area contributed by atoms with Crippen LogP contribution in [0.5, 0.6) is 5.75 Å². The van der Waals surface area contributed by atoms with Crippen molar-refractivity contribution in [2.45, 2.75) is 6.92 Å². The van der Waals surface area contributed by atoms with Crippen molar-refractivity contribution in [2.75, 3.05) is 5.32 Å². The van der Waals surface area contributed by atoms with Gasteiger partial charge in [-0.05, 0) is 36.8 Å². The van der Waals surface area contributed by atoms with Crippen LogP contribution in [-0.4, -0.2) is 9.97 Å². The first-order chi connectivity index (χ1) is 10.3. The Labute approximate surface area is 121 Å². The van der Waals surface area contributed by atoms with Gasteiger partial charge in [0, 0.05) is 5.39 Å². The number of nitrogens with one attached hydrogen (secondary N) is 1. The van der Waals surface area contributed by atoms with E-state index >= 15 is 0 Å². The van der Waals surface area contributed by atoms with Crippen LogP contribution in [-0.2, 0) is 4.99 Å². The van der Waals surface area contributed by atoms with Crippen LogP contribution in [0.2, 0.25) is 0 Å². The molecule has 0 aliphatic heterocycles. The van der Waals surface area contributed by atoms with E-state index in [1.54, 1.807) is 12.1 Å². The van der Waals surface area contributed by atoms with Crippen molar-refractivity contribution < 1.29 is 9.88 Å². The highest BCUT2D eigenvalue weighted by molar-refractivity contribution is 5.84. The van der Waals surface area contributed by atoms with Crippen LogP contribution in [0.1, 0.15) is 5.56 Å². The lowest BCUT2D eigenvalue weighted by Gasteiger charge is -2.08. The molecule has 6 heteroatoms. The number of aryl methyl sites for hydroxylation is 1. The number of anilines is 2. The van der Waals surface area contributed by atoms with E-state index in [-0.39, 0.29) is 0 Å². The fourth-order valence-corrected chi connectivity index (χ4v) is 2.10. The van der Waals surface area contributed by atoms with E-state index in [0.717, 1.165) is 22.3 Å². The lowest BCUT2D eigenvalue weighted by molar-refractivity contribution is -0.211. The van der Waals surface area contributed by atoms with Gasteiger partial charge in [-0.25, -0.2) is 9.97 Å². The van der Waals surface area contributed by atoms with Gasteiger partial charge >= 0.3 is 0 Å². The first-order valence-corrected chi connectivity index (χ1v) is 6.39. The minimum atomic E-state index is 0.422. The van der Waals surface area contributed by atoms with Gasteiger partial charge in [0.2, 0.25) is 0 Å². The van der Waals surface area contributed by atoms with E-state index in [1.807, 2.05) is 24.3 Å². The predicted octanol–water partition coefficient (Wildman–Crippen LogP) is 2.87. The molecular weight excluding hydrogens is 268 g/mol. The van der Waals surface area contributed by atoms with E-state index in [2.05, 4.69) is 38.2 Å². The molecule has 21 heavy (non-hydrogen) atoms. The van der Waals surface area contributed by atoms with Gasteiger partial charge in [-0.3, -0.25) is 0 Å². The SMILES string of the molecule is Cc1cc(Nc2ccc(OON)cn2)nc2ccccc12. The molecule has 0 fully saturated rings. The summed E-state index contributed by atoms with van der Waals surface area (Å²) >= 11 is 0. The molecule has 0 saturated heterocycles. The van der Waals surface area contributed by atoms with E-state index in [4.69, 9.17) is 5.90 Å². The smallest absolute Gasteiger partial charge is 0.185 e. The van der Waals surface area contributed by atoms with E-state index in [1.165, 1.54) is 6.20 Å². The summed E-state index contributed by atoms with van der Waals surface area (Å²) < 4.78 is 0. The molecule has 2 heterocycles. The van der Waals surface area contributed by atoms with Crippen molar-refractivity contribution in [2.24, 2.45) is 5.90 Å². The monoisotopic (exact) mass is 282 g/mol. The molecule has 0 bridgehead atoms. The molecule has 3 N–H and O–H groups in total. The molecular formula is C15H14N4O2. The number of nitrogens with zero attached hydrogens (tertiary/aromatic N) is 2. The second kappa shape index (κ2) is 5.74. The molecule has 0 aliphatic rings. The third-order valence-corrected chi connectivity index (χ3v) is 3.06. The third kappa shape index (κ3) is 2.91. The number of aromatic nitrogens is 2. The molecule has 0 saturated carbocycles. The quantitative estimate of drug-likeness (QED) is 0.565. The van der Waals surface area contributed by atoms with Crippen LogP contribution in [0.15, 0.2) is 48.7 Å². The summed E-state index contributed by atoms with van der Waals surface area (Å²) in [6.45, 7) is 2.05. The number of fused-ring (bicyclic) bond motifs is 1. The molecule has 0 unspecified atom stereocenters. The summed E-state index contributed by atoms with van der Waals surface area (Å²) in [5.74, 6) is 6.63. The molecule has 1 aromatic carbocycles. The number of benzene rings is 1. The lowest BCUT2D eigenvalue weighted by atomic mass is 10.1. The van der Waals surface area contributed by atoms with Gasteiger partial charge in [0.05, 0.1) is 11.7 Å². The second-order valence-corrected chi connectivity index (χ2v) is 4.53. The van der Waals surface area contributed by atoms with Crippen LogP contribution in [0.4, 0.5) is 11.6 Å². The van der Waals surface area contributed by atoms with Crippen LogP contribution in [0.25, 0.3) is 10.9 Å². The lowest BCUT2D eigenvalue weighted by Crippen LogP contribution is -2.03. The van der Waals surface area contributed by atoms with Crippen LogP contribution in [0, 0.1) is 6.92 Å². The summed E-state index contributed by atoms with van der Waals surface area (Å²) in [6, 6.07) is 13.4. The molecule has 106 valence electrons. The van der Waals surface area contributed by atoms with Crippen LogP contribution >= 0.6 is 0 Å².